The van der Waals surface area contributed by atoms with E-state index in [1.165, 1.54) is 29.9 Å². The minimum Gasteiger partial charge on any atom is -0.480 e. The number of nitrogens with one attached hydrogen (secondary N) is 1. The van der Waals surface area contributed by atoms with Gasteiger partial charge >= 0.3 is 5.97 Å². The molecule has 2 N–H and O–H groups in total. The number of methoxy groups -OCH3 is 1. The van der Waals surface area contributed by atoms with Gasteiger partial charge in [-0.05, 0) is 18.2 Å². The molecule has 0 spiro atoms. The average molecular weight is 330 g/mol. The van der Waals surface area contributed by atoms with E-state index in [0.29, 0.717) is 22.7 Å². The van der Waals surface area contributed by atoms with E-state index in [0.717, 1.165) is 0 Å². The van der Waals surface area contributed by atoms with Gasteiger partial charge < -0.3 is 15.2 Å². The van der Waals surface area contributed by atoms with Crippen LogP contribution >= 0.6 is 0 Å². The van der Waals surface area contributed by atoms with E-state index < -0.39 is 24.5 Å². The molecular weight excluding hydrogens is 314 g/mol. The number of carbonyl (C=O) groups excluding carboxylic acids is 1. The number of carboxylic acid groups (broad SMARTS) is 1. The first-order chi connectivity index (χ1) is 12.6. The molecule has 0 unspecified atom stereocenters. The number of pyridine rings is 1. The molecule has 3 heterocycles. The quantitative estimate of drug-likeness (QED) is 0.743. The third kappa shape index (κ3) is 2.86. The molecule has 0 aliphatic rings. The summed E-state index contributed by atoms with van der Waals surface area (Å²) in [5.74, 6) is -1.86. The van der Waals surface area contributed by atoms with E-state index in [9.17, 15) is 14.7 Å². The number of aromatic nitrogens is 4. The van der Waals surface area contributed by atoms with Gasteiger partial charge in [-0.25, -0.2) is 19.3 Å². The molecule has 3 rings (SSSR count). The number of amides is 1. The fourth-order valence-electron chi connectivity index (χ4n) is 2.10. The second-order valence-corrected chi connectivity index (χ2v) is 4.81. The number of aromatic carboxylic acids is 1. The zero-order valence-corrected chi connectivity index (χ0v) is 12.3. The van der Waals surface area contributed by atoms with Gasteiger partial charge in [-0.1, -0.05) is 0 Å². The second-order valence-electron chi connectivity index (χ2n) is 4.81. The number of fused-ring (bicyclic) bond motifs is 1. The molecule has 0 radical (unpaired) electrons. The highest BCUT2D eigenvalue weighted by atomic mass is 16.5. The van der Waals surface area contributed by atoms with Crippen molar-refractivity contribution < 1.29 is 23.5 Å². The Morgan fingerprint density at radius 1 is 1.42 bits per heavy atom. The van der Waals surface area contributed by atoms with Crippen molar-refractivity contribution in [2.45, 2.75) is 6.92 Å². The van der Waals surface area contributed by atoms with Gasteiger partial charge in [-0.15, -0.1) is 0 Å². The van der Waals surface area contributed by atoms with Crippen molar-refractivity contribution in [3.63, 3.8) is 0 Å². The second kappa shape index (κ2) is 5.95. The number of ether oxygens (including phenoxy) is 1. The van der Waals surface area contributed by atoms with E-state index in [-0.39, 0.29) is 5.91 Å². The summed E-state index contributed by atoms with van der Waals surface area (Å²) in [5.41, 5.74) is 0.762. The molecular formula is C15H13N5O4. The molecule has 3 aromatic heterocycles. The molecule has 9 nitrogen and oxygen atoms in total. The lowest BCUT2D eigenvalue weighted by molar-refractivity contribution is -0.114. The molecule has 0 aliphatic carbocycles. The van der Waals surface area contributed by atoms with Crippen LogP contribution in [0.4, 0.5) is 5.82 Å². The lowest BCUT2D eigenvalue weighted by atomic mass is 10.1. The summed E-state index contributed by atoms with van der Waals surface area (Å²) >= 11 is 0. The Morgan fingerprint density at radius 2 is 2.25 bits per heavy atom. The smallest absolute Gasteiger partial charge is 0.341 e. The van der Waals surface area contributed by atoms with Gasteiger partial charge in [0, 0.05) is 18.7 Å². The van der Waals surface area contributed by atoms with Gasteiger partial charge in [0.1, 0.15) is 5.56 Å². The summed E-state index contributed by atoms with van der Waals surface area (Å²) in [6.45, 7) is 1.35. The van der Waals surface area contributed by atoms with Gasteiger partial charge in [0.05, 0.1) is 23.0 Å². The SMILES string of the molecule is [2H]C([2H])([2H])Oc1ncc(-c2ccc3nc(NC(C)=O)cn3n2)cc1C(=O)O. The topological polar surface area (TPSA) is 119 Å². The summed E-state index contributed by atoms with van der Waals surface area (Å²) in [6.07, 6.45) is 2.76. The molecule has 3 aromatic rings. The first-order valence-electron chi connectivity index (χ1n) is 8.19. The summed E-state index contributed by atoms with van der Waals surface area (Å²) < 4.78 is 27.3. The highest BCUT2D eigenvalue weighted by Crippen LogP contribution is 2.23. The Kier molecular flexibility index (Phi) is 2.98. The lowest BCUT2D eigenvalue weighted by Gasteiger charge is -2.06. The van der Waals surface area contributed by atoms with Crippen LogP contribution in [0.3, 0.4) is 0 Å². The van der Waals surface area contributed by atoms with Crippen LogP contribution in [-0.4, -0.2) is 43.6 Å². The number of hydrogen-bond acceptors (Lipinski definition) is 6. The number of hydrogen-bond donors (Lipinski definition) is 2. The first-order valence-corrected chi connectivity index (χ1v) is 6.69. The van der Waals surface area contributed by atoms with Gasteiger partial charge in [-0.3, -0.25) is 4.79 Å². The highest BCUT2D eigenvalue weighted by Gasteiger charge is 2.15. The molecule has 9 heteroatoms. The molecule has 0 aliphatic heterocycles. The molecule has 1 amide bonds. The monoisotopic (exact) mass is 330 g/mol. The van der Waals surface area contributed by atoms with Crippen LogP contribution in [0.25, 0.3) is 16.9 Å². The molecule has 0 fully saturated rings. The zero-order valence-electron chi connectivity index (χ0n) is 15.3. The van der Waals surface area contributed by atoms with Crippen LogP contribution in [0.5, 0.6) is 5.88 Å². The molecule has 24 heavy (non-hydrogen) atoms. The Bertz CT molecular complexity index is 1050. The maximum absolute atomic E-state index is 11.4. The fraction of sp³-hybridized carbons (Fsp3) is 0.133. The Morgan fingerprint density at radius 3 is 2.96 bits per heavy atom. The van der Waals surface area contributed by atoms with Crippen molar-refractivity contribution in [1.29, 1.82) is 0 Å². The van der Waals surface area contributed by atoms with E-state index in [2.05, 4.69) is 25.1 Å². The lowest BCUT2D eigenvalue weighted by Crippen LogP contribution is -2.05. The standard InChI is InChI=1S/C15H13N5O4/c1-8(21)17-12-7-20-13(18-12)4-3-11(19-20)9-5-10(15(22)23)14(24-2)16-6-9/h3-7H,1-2H3,(H,17,21)(H,22,23)/i2D3. The third-order valence-corrected chi connectivity index (χ3v) is 3.10. The molecule has 0 saturated carbocycles. The number of imidazole rings is 1. The van der Waals surface area contributed by atoms with E-state index in [4.69, 9.17) is 4.11 Å². The van der Waals surface area contributed by atoms with Crippen molar-refractivity contribution in [2.75, 3.05) is 12.4 Å². The average Bonchev–Trinajstić information content (AvgIpc) is 2.93. The molecule has 122 valence electrons. The van der Waals surface area contributed by atoms with Crippen LogP contribution in [0.1, 0.15) is 21.4 Å². The number of nitrogens with zero attached hydrogens (tertiary/aromatic N) is 4. The van der Waals surface area contributed by atoms with Gasteiger partial charge in [0.15, 0.2) is 11.5 Å². The third-order valence-electron chi connectivity index (χ3n) is 3.10. The Balaban J connectivity index is 2.01. The number of rotatable bonds is 4. The number of carboxylic acids is 1. The normalized spacial score (nSPS) is 13.0. The van der Waals surface area contributed by atoms with Crippen LogP contribution in [0, 0.1) is 0 Å². The van der Waals surface area contributed by atoms with Gasteiger partial charge in [0.25, 0.3) is 0 Å². The molecule has 0 saturated heterocycles. The zero-order chi connectivity index (χ0) is 19.8. The van der Waals surface area contributed by atoms with Gasteiger partial charge in [0.2, 0.25) is 11.8 Å². The summed E-state index contributed by atoms with van der Waals surface area (Å²) in [5, 5.41) is 16.1. The maximum Gasteiger partial charge on any atom is 0.341 e. The number of carbonyl (C=O) groups is 2. The van der Waals surface area contributed by atoms with E-state index >= 15 is 0 Å². The first kappa shape index (κ1) is 12.0. The molecule has 0 aromatic carbocycles. The van der Waals surface area contributed by atoms with Gasteiger partial charge in [-0.2, -0.15) is 5.10 Å². The molecule has 0 atom stereocenters. The predicted octanol–water partition coefficient (Wildman–Crippen LogP) is 1.46. The van der Waals surface area contributed by atoms with Crippen molar-refractivity contribution in [2.24, 2.45) is 0 Å². The molecule has 0 bridgehead atoms. The Hall–Kier alpha value is -3.49. The van der Waals surface area contributed by atoms with Crippen molar-refractivity contribution in [3.05, 3.63) is 36.2 Å². The fourth-order valence-corrected chi connectivity index (χ4v) is 2.10. The van der Waals surface area contributed by atoms with E-state index in [1.54, 1.807) is 12.1 Å². The largest absolute Gasteiger partial charge is 0.480 e. The predicted molar refractivity (Wildman–Crippen MR) is 84.0 cm³/mol. The van der Waals surface area contributed by atoms with Crippen molar-refractivity contribution in [1.82, 2.24) is 19.6 Å². The van der Waals surface area contributed by atoms with E-state index in [1.807, 2.05) is 0 Å². The minimum atomic E-state index is -2.83. The highest BCUT2D eigenvalue weighted by molar-refractivity contribution is 5.91. The number of anilines is 1. The Labute approximate surface area is 140 Å². The van der Waals surface area contributed by atoms with Crippen molar-refractivity contribution in [3.8, 4) is 17.1 Å². The summed E-state index contributed by atoms with van der Waals surface area (Å²) in [7, 11) is -2.83. The maximum atomic E-state index is 11.4. The van der Waals surface area contributed by atoms with Crippen molar-refractivity contribution >= 4 is 23.3 Å². The summed E-state index contributed by atoms with van der Waals surface area (Å²) in [4.78, 5) is 30.5. The minimum absolute atomic E-state index is 0.279. The van der Waals surface area contributed by atoms with Crippen LogP contribution in [0.15, 0.2) is 30.6 Å². The van der Waals surface area contributed by atoms with Crippen LogP contribution in [0.2, 0.25) is 0 Å². The van der Waals surface area contributed by atoms with Crippen LogP contribution in [-0.2, 0) is 4.79 Å². The summed E-state index contributed by atoms with van der Waals surface area (Å²) in [6, 6.07) is 4.43. The van der Waals surface area contributed by atoms with Crippen LogP contribution < -0.4 is 10.1 Å².